The van der Waals surface area contributed by atoms with Crippen LogP contribution in [0.5, 0.6) is 0 Å². The Morgan fingerprint density at radius 2 is 2.04 bits per heavy atom. The Kier molecular flexibility index (Phi) is 6.08. The number of aromatic amines is 1. The van der Waals surface area contributed by atoms with E-state index in [1.165, 1.54) is 0 Å². The highest BCUT2D eigenvalue weighted by Gasteiger charge is 2.33. The fourth-order valence-electron chi connectivity index (χ4n) is 2.17. The van der Waals surface area contributed by atoms with Gasteiger partial charge in [-0.2, -0.15) is 13.2 Å². The largest absolute Gasteiger partial charge is 0.433 e. The predicted molar refractivity (Wildman–Crippen MR) is 92.7 cm³/mol. The lowest BCUT2D eigenvalue weighted by atomic mass is 10.2. The summed E-state index contributed by atoms with van der Waals surface area (Å²) in [6.07, 6.45) is -3.72. The van der Waals surface area contributed by atoms with Crippen LogP contribution in [0, 0.1) is 5.92 Å². The molecule has 2 aromatic heterocycles. The number of rotatable bonds is 6. The van der Waals surface area contributed by atoms with Gasteiger partial charge in [0.05, 0.1) is 5.75 Å². The van der Waals surface area contributed by atoms with E-state index >= 15 is 0 Å². The first-order valence-corrected chi connectivity index (χ1v) is 8.68. The van der Waals surface area contributed by atoms with E-state index in [2.05, 4.69) is 9.97 Å². The summed E-state index contributed by atoms with van der Waals surface area (Å²) < 4.78 is 39.1. The van der Waals surface area contributed by atoms with E-state index < -0.39 is 40.2 Å². The number of nitrogens with zero attached hydrogens (tertiary/aromatic N) is 3. The third kappa shape index (κ3) is 4.96. The van der Waals surface area contributed by atoms with Crippen LogP contribution in [-0.2, 0) is 12.7 Å². The highest BCUT2D eigenvalue weighted by atomic mass is 32.2. The van der Waals surface area contributed by atoms with Crippen molar-refractivity contribution in [2.45, 2.75) is 31.7 Å². The first-order chi connectivity index (χ1) is 12.5. The number of halogens is 3. The quantitative estimate of drug-likeness (QED) is 0.426. The van der Waals surface area contributed by atoms with E-state index in [9.17, 15) is 27.6 Å². The predicted octanol–water partition coefficient (Wildman–Crippen LogP) is 1.56. The maximum absolute atomic E-state index is 12.7. The molecule has 0 saturated carbocycles. The minimum absolute atomic E-state index is 0.0201. The molecule has 0 unspecified atom stereocenters. The number of nitrogens with two attached hydrogens (primary N) is 1. The Hall–Kier alpha value is -2.63. The van der Waals surface area contributed by atoms with Gasteiger partial charge in [0.15, 0.2) is 10.9 Å². The molecule has 0 amide bonds. The Bertz CT molecular complexity index is 968. The van der Waals surface area contributed by atoms with Crippen LogP contribution < -0.4 is 17.0 Å². The molecule has 27 heavy (non-hydrogen) atoms. The summed E-state index contributed by atoms with van der Waals surface area (Å²) in [7, 11) is 0. The van der Waals surface area contributed by atoms with Crippen LogP contribution in [0.2, 0.25) is 0 Å². The molecule has 0 aliphatic rings. The first-order valence-electron chi connectivity index (χ1n) is 7.69. The zero-order valence-electron chi connectivity index (χ0n) is 14.3. The first kappa shape index (κ1) is 20.7. The number of nitrogens with one attached hydrogen (secondary N) is 1. The van der Waals surface area contributed by atoms with Gasteiger partial charge in [-0.3, -0.25) is 19.1 Å². The number of ketones is 1. The van der Waals surface area contributed by atoms with Crippen molar-refractivity contribution in [1.82, 2.24) is 19.5 Å². The Morgan fingerprint density at radius 3 is 2.63 bits per heavy atom. The standard InChI is InChI=1S/C15H16F3N5O3S/c1-7(2)5-23-11(19)10(12(25)22-14(23)26)8(24)6-27-13-20-4-3-9(21-13)15(16,17)18/h3-4,7H,5-6,19H2,1-2H3,(H,22,25,26). The third-order valence-corrected chi connectivity index (χ3v) is 4.18. The molecule has 8 nitrogen and oxygen atoms in total. The van der Waals surface area contributed by atoms with Crippen LogP contribution in [0.4, 0.5) is 19.0 Å². The molecule has 0 fully saturated rings. The number of alkyl halides is 3. The maximum Gasteiger partial charge on any atom is 0.433 e. The Balaban J connectivity index is 2.27. The molecule has 2 heterocycles. The molecule has 3 N–H and O–H groups in total. The van der Waals surface area contributed by atoms with Gasteiger partial charge in [-0.25, -0.2) is 14.8 Å². The molecule has 0 aromatic carbocycles. The van der Waals surface area contributed by atoms with Crippen molar-refractivity contribution in [3.8, 4) is 0 Å². The lowest BCUT2D eigenvalue weighted by Crippen LogP contribution is -2.37. The SMILES string of the molecule is CC(C)Cn1c(N)c(C(=O)CSc2nccc(C(F)(F)F)n2)c(=O)[nH]c1=O. The fourth-order valence-corrected chi connectivity index (χ4v) is 2.88. The van der Waals surface area contributed by atoms with Gasteiger partial charge in [0.1, 0.15) is 17.1 Å². The van der Waals surface area contributed by atoms with E-state index in [4.69, 9.17) is 5.73 Å². The Labute approximate surface area is 155 Å². The number of carbonyl (C=O) groups is 1. The van der Waals surface area contributed by atoms with Gasteiger partial charge in [-0.1, -0.05) is 25.6 Å². The van der Waals surface area contributed by atoms with Gasteiger partial charge in [0.25, 0.3) is 5.56 Å². The second-order valence-electron chi connectivity index (χ2n) is 5.96. The molecule has 0 saturated heterocycles. The zero-order valence-corrected chi connectivity index (χ0v) is 15.1. The number of hydrogen-bond donors (Lipinski definition) is 2. The zero-order chi connectivity index (χ0) is 20.4. The number of aromatic nitrogens is 4. The van der Waals surface area contributed by atoms with Gasteiger partial charge >= 0.3 is 11.9 Å². The average Bonchev–Trinajstić information content (AvgIpc) is 2.56. The van der Waals surface area contributed by atoms with E-state index in [-0.39, 0.29) is 23.4 Å². The van der Waals surface area contributed by atoms with Crippen molar-refractivity contribution in [3.05, 3.63) is 44.4 Å². The molecule has 2 rings (SSSR count). The Morgan fingerprint density at radius 1 is 1.37 bits per heavy atom. The summed E-state index contributed by atoms with van der Waals surface area (Å²) in [5.74, 6) is -1.44. The van der Waals surface area contributed by atoms with Crippen molar-refractivity contribution < 1.29 is 18.0 Å². The topological polar surface area (TPSA) is 124 Å². The fraction of sp³-hybridized carbons (Fsp3) is 0.400. The van der Waals surface area contributed by atoms with E-state index in [1.807, 2.05) is 18.8 Å². The number of Topliss-reactive ketones (excluding diaryl/α,β-unsaturated/α-hetero) is 1. The number of H-pyrrole nitrogens is 1. The lowest BCUT2D eigenvalue weighted by molar-refractivity contribution is -0.141. The van der Waals surface area contributed by atoms with Crippen LogP contribution in [0.3, 0.4) is 0 Å². The summed E-state index contributed by atoms with van der Waals surface area (Å²) in [5, 5.41) is -0.274. The van der Waals surface area contributed by atoms with Crippen molar-refractivity contribution in [2.24, 2.45) is 5.92 Å². The van der Waals surface area contributed by atoms with Crippen molar-refractivity contribution >= 4 is 23.4 Å². The lowest BCUT2D eigenvalue weighted by Gasteiger charge is -2.13. The van der Waals surface area contributed by atoms with Crippen LogP contribution in [0.25, 0.3) is 0 Å². The molecule has 0 aliphatic carbocycles. The minimum atomic E-state index is -4.64. The van der Waals surface area contributed by atoms with Gasteiger partial charge < -0.3 is 5.73 Å². The molecule has 0 aliphatic heterocycles. The molecule has 12 heteroatoms. The normalized spacial score (nSPS) is 11.8. The summed E-state index contributed by atoms with van der Waals surface area (Å²) >= 11 is 0.628. The van der Waals surface area contributed by atoms with Crippen LogP contribution in [0.1, 0.15) is 29.9 Å². The summed E-state index contributed by atoms with van der Waals surface area (Å²) in [6.45, 7) is 3.82. The number of hydrogen-bond acceptors (Lipinski definition) is 7. The monoisotopic (exact) mass is 403 g/mol. The summed E-state index contributed by atoms with van der Waals surface area (Å²) in [5.41, 5.74) is 2.56. The highest BCUT2D eigenvalue weighted by molar-refractivity contribution is 7.99. The van der Waals surface area contributed by atoms with Gasteiger partial charge in [0, 0.05) is 12.7 Å². The van der Waals surface area contributed by atoms with Crippen LogP contribution in [-0.4, -0.2) is 31.1 Å². The summed E-state index contributed by atoms with van der Waals surface area (Å²) in [4.78, 5) is 45.2. The number of nitrogen functional groups attached to an aromatic ring is 1. The number of thioether (sulfide) groups is 1. The van der Waals surface area contributed by atoms with Gasteiger partial charge in [0.2, 0.25) is 0 Å². The molecular weight excluding hydrogens is 387 g/mol. The second kappa shape index (κ2) is 7.94. The smallest absolute Gasteiger partial charge is 0.384 e. The van der Waals surface area contributed by atoms with Crippen LogP contribution >= 0.6 is 11.8 Å². The van der Waals surface area contributed by atoms with Gasteiger partial charge in [-0.05, 0) is 12.0 Å². The number of anilines is 1. The van der Waals surface area contributed by atoms with E-state index in [1.54, 1.807) is 0 Å². The second-order valence-corrected chi connectivity index (χ2v) is 6.90. The molecular formula is C15H16F3N5O3S. The molecule has 0 spiro atoms. The molecule has 2 aromatic rings. The minimum Gasteiger partial charge on any atom is -0.384 e. The van der Waals surface area contributed by atoms with Crippen molar-refractivity contribution in [3.63, 3.8) is 0 Å². The number of carbonyl (C=O) groups excluding carboxylic acids is 1. The summed E-state index contributed by atoms with van der Waals surface area (Å²) in [6, 6.07) is 0.705. The van der Waals surface area contributed by atoms with Crippen molar-refractivity contribution in [1.29, 1.82) is 0 Å². The van der Waals surface area contributed by atoms with E-state index in [0.29, 0.717) is 17.8 Å². The van der Waals surface area contributed by atoms with Gasteiger partial charge in [-0.15, -0.1) is 0 Å². The van der Waals surface area contributed by atoms with Crippen molar-refractivity contribution in [2.75, 3.05) is 11.5 Å². The maximum atomic E-state index is 12.7. The van der Waals surface area contributed by atoms with Crippen LogP contribution in [0.15, 0.2) is 27.0 Å². The third-order valence-electron chi connectivity index (χ3n) is 3.32. The molecule has 146 valence electrons. The average molecular weight is 403 g/mol. The van der Waals surface area contributed by atoms with E-state index in [0.717, 1.165) is 10.8 Å². The molecule has 0 bridgehead atoms. The molecule has 0 radical (unpaired) electrons. The highest BCUT2D eigenvalue weighted by Crippen LogP contribution is 2.28. The molecule has 0 atom stereocenters.